The van der Waals surface area contributed by atoms with Gasteiger partial charge in [0.2, 0.25) is 0 Å². The summed E-state index contributed by atoms with van der Waals surface area (Å²) in [5, 5.41) is 3.35. The van der Waals surface area contributed by atoms with Gasteiger partial charge < -0.3 is 14.8 Å². The first-order valence-corrected chi connectivity index (χ1v) is 8.09. The molecule has 0 aliphatic carbocycles. The number of carbonyl (C=O) groups excluding carboxylic acids is 1. The van der Waals surface area contributed by atoms with Crippen LogP contribution in [0.1, 0.15) is 0 Å². The van der Waals surface area contributed by atoms with E-state index in [9.17, 15) is 4.79 Å². The third-order valence-corrected chi connectivity index (χ3v) is 3.53. The molecule has 0 aromatic heterocycles. The molecule has 0 radical (unpaired) electrons. The van der Waals surface area contributed by atoms with Crippen LogP contribution in [-0.4, -0.2) is 12.5 Å². The van der Waals surface area contributed by atoms with Gasteiger partial charge in [-0.1, -0.05) is 48.0 Å². The molecule has 1 amide bonds. The van der Waals surface area contributed by atoms with Gasteiger partial charge in [0.15, 0.2) is 12.4 Å². The molecule has 5 heteroatoms. The highest BCUT2D eigenvalue weighted by molar-refractivity contribution is 6.30. The second-order valence-corrected chi connectivity index (χ2v) is 5.64. The normalized spacial score (nSPS) is 10.1. The average molecular weight is 354 g/mol. The summed E-state index contributed by atoms with van der Waals surface area (Å²) in [5.74, 6) is 1.50. The molecule has 0 spiro atoms. The monoisotopic (exact) mass is 353 g/mol. The Morgan fingerprint density at radius 2 is 1.60 bits per heavy atom. The van der Waals surface area contributed by atoms with Gasteiger partial charge in [-0.05, 0) is 42.5 Å². The molecule has 0 heterocycles. The van der Waals surface area contributed by atoms with E-state index < -0.39 is 0 Å². The predicted molar refractivity (Wildman–Crippen MR) is 98.5 cm³/mol. The Hall–Kier alpha value is -2.98. The minimum atomic E-state index is -0.288. The fourth-order valence-corrected chi connectivity index (χ4v) is 2.35. The molecule has 0 aliphatic rings. The summed E-state index contributed by atoms with van der Waals surface area (Å²) in [6, 6.07) is 23.5. The fourth-order valence-electron chi connectivity index (χ4n) is 2.17. The van der Waals surface area contributed by atoms with E-state index in [-0.39, 0.29) is 12.5 Å². The van der Waals surface area contributed by atoms with Gasteiger partial charge in [-0.2, -0.15) is 0 Å². The molecule has 0 unspecified atom stereocenters. The molecule has 3 rings (SSSR count). The van der Waals surface area contributed by atoms with Crippen molar-refractivity contribution in [3.63, 3.8) is 0 Å². The molecular formula is C20H16ClNO3. The highest BCUT2D eigenvalue weighted by Gasteiger charge is 2.09. The van der Waals surface area contributed by atoms with Crippen molar-refractivity contribution in [2.24, 2.45) is 0 Å². The Bertz CT molecular complexity index is 852. The highest BCUT2D eigenvalue weighted by Crippen LogP contribution is 2.29. The number of benzene rings is 3. The number of amides is 1. The van der Waals surface area contributed by atoms with Gasteiger partial charge in [-0.25, -0.2) is 0 Å². The number of rotatable bonds is 6. The first-order valence-electron chi connectivity index (χ1n) is 7.71. The number of hydrogen-bond donors (Lipinski definition) is 1. The summed E-state index contributed by atoms with van der Waals surface area (Å²) in [6.07, 6.45) is 0. The van der Waals surface area contributed by atoms with Crippen molar-refractivity contribution in [1.29, 1.82) is 0 Å². The van der Waals surface area contributed by atoms with Crippen molar-refractivity contribution >= 4 is 23.2 Å². The second-order valence-electron chi connectivity index (χ2n) is 5.21. The maximum Gasteiger partial charge on any atom is 0.262 e. The van der Waals surface area contributed by atoms with Gasteiger partial charge in [-0.3, -0.25) is 4.79 Å². The largest absolute Gasteiger partial charge is 0.484 e. The SMILES string of the molecule is O=C(COc1cccc(Cl)c1)Nc1ccccc1Oc1ccccc1. The summed E-state index contributed by atoms with van der Waals surface area (Å²) in [7, 11) is 0. The Kier molecular flexibility index (Phi) is 5.54. The number of anilines is 1. The molecule has 0 fully saturated rings. The van der Waals surface area contributed by atoms with E-state index in [0.717, 1.165) is 0 Å². The molecule has 25 heavy (non-hydrogen) atoms. The van der Waals surface area contributed by atoms with Crippen LogP contribution in [0.25, 0.3) is 0 Å². The van der Waals surface area contributed by atoms with Crippen molar-refractivity contribution < 1.29 is 14.3 Å². The number of para-hydroxylation sites is 3. The molecule has 0 atom stereocenters. The van der Waals surface area contributed by atoms with Crippen molar-refractivity contribution in [3.8, 4) is 17.2 Å². The third-order valence-electron chi connectivity index (χ3n) is 3.30. The van der Waals surface area contributed by atoms with Crippen LogP contribution >= 0.6 is 11.6 Å². The number of halogens is 1. The van der Waals surface area contributed by atoms with E-state index in [2.05, 4.69) is 5.32 Å². The van der Waals surface area contributed by atoms with Crippen molar-refractivity contribution in [2.45, 2.75) is 0 Å². The van der Waals surface area contributed by atoms with Crippen molar-refractivity contribution in [2.75, 3.05) is 11.9 Å². The van der Waals surface area contributed by atoms with Gasteiger partial charge in [-0.15, -0.1) is 0 Å². The minimum Gasteiger partial charge on any atom is -0.484 e. The average Bonchev–Trinajstić information content (AvgIpc) is 2.63. The molecular weight excluding hydrogens is 338 g/mol. The number of hydrogen-bond acceptors (Lipinski definition) is 3. The zero-order valence-electron chi connectivity index (χ0n) is 13.3. The summed E-state index contributed by atoms with van der Waals surface area (Å²) < 4.78 is 11.3. The lowest BCUT2D eigenvalue weighted by molar-refractivity contribution is -0.118. The van der Waals surface area contributed by atoms with Crippen LogP contribution in [0.15, 0.2) is 78.9 Å². The standard InChI is InChI=1S/C20H16ClNO3/c21-15-7-6-10-17(13-15)24-14-20(23)22-18-11-4-5-12-19(18)25-16-8-2-1-3-9-16/h1-13H,14H2,(H,22,23). The Morgan fingerprint density at radius 3 is 2.40 bits per heavy atom. The topological polar surface area (TPSA) is 47.6 Å². The highest BCUT2D eigenvalue weighted by atomic mass is 35.5. The number of ether oxygens (including phenoxy) is 2. The molecule has 3 aromatic carbocycles. The van der Waals surface area contributed by atoms with Crippen LogP contribution in [0.3, 0.4) is 0 Å². The van der Waals surface area contributed by atoms with Gasteiger partial charge in [0.05, 0.1) is 5.69 Å². The quantitative estimate of drug-likeness (QED) is 0.666. The number of nitrogens with one attached hydrogen (secondary N) is 1. The van der Waals surface area contributed by atoms with Gasteiger partial charge in [0.1, 0.15) is 11.5 Å². The zero-order chi connectivity index (χ0) is 17.5. The molecule has 4 nitrogen and oxygen atoms in total. The van der Waals surface area contributed by atoms with Crippen LogP contribution in [0.5, 0.6) is 17.2 Å². The molecule has 0 saturated heterocycles. The Morgan fingerprint density at radius 1 is 0.880 bits per heavy atom. The lowest BCUT2D eigenvalue weighted by Gasteiger charge is -2.12. The smallest absolute Gasteiger partial charge is 0.262 e. The van der Waals surface area contributed by atoms with E-state index in [1.807, 2.05) is 42.5 Å². The summed E-state index contributed by atoms with van der Waals surface area (Å²) >= 11 is 5.89. The first kappa shape index (κ1) is 16.9. The van der Waals surface area contributed by atoms with Crippen LogP contribution in [0, 0.1) is 0 Å². The molecule has 1 N–H and O–H groups in total. The van der Waals surface area contributed by atoms with Gasteiger partial charge in [0, 0.05) is 5.02 Å². The van der Waals surface area contributed by atoms with E-state index in [4.69, 9.17) is 21.1 Å². The third kappa shape index (κ3) is 4.99. The lowest BCUT2D eigenvalue weighted by Crippen LogP contribution is -2.20. The lowest BCUT2D eigenvalue weighted by atomic mass is 10.3. The molecule has 0 saturated carbocycles. The van der Waals surface area contributed by atoms with Gasteiger partial charge in [0.25, 0.3) is 5.91 Å². The summed E-state index contributed by atoms with van der Waals surface area (Å²) in [4.78, 5) is 12.2. The minimum absolute atomic E-state index is 0.125. The van der Waals surface area contributed by atoms with E-state index >= 15 is 0 Å². The molecule has 0 bridgehead atoms. The summed E-state index contributed by atoms with van der Waals surface area (Å²) in [5.41, 5.74) is 0.575. The van der Waals surface area contributed by atoms with E-state index in [1.165, 1.54) is 0 Å². The predicted octanol–water partition coefficient (Wildman–Crippen LogP) is 5.15. The van der Waals surface area contributed by atoms with Crippen LogP contribution in [0.2, 0.25) is 5.02 Å². The maximum absolute atomic E-state index is 12.2. The summed E-state index contributed by atoms with van der Waals surface area (Å²) in [6.45, 7) is -0.125. The zero-order valence-corrected chi connectivity index (χ0v) is 14.1. The second kappa shape index (κ2) is 8.22. The van der Waals surface area contributed by atoms with Gasteiger partial charge >= 0.3 is 0 Å². The first-order chi connectivity index (χ1) is 12.2. The Labute approximate surface area is 151 Å². The van der Waals surface area contributed by atoms with E-state index in [0.29, 0.717) is 28.0 Å². The van der Waals surface area contributed by atoms with Crippen LogP contribution in [-0.2, 0) is 4.79 Å². The fraction of sp³-hybridized carbons (Fsp3) is 0.0500. The molecule has 126 valence electrons. The van der Waals surface area contributed by atoms with Crippen LogP contribution in [0.4, 0.5) is 5.69 Å². The Balaban J connectivity index is 1.63. The number of carbonyl (C=O) groups is 1. The van der Waals surface area contributed by atoms with Crippen molar-refractivity contribution in [3.05, 3.63) is 83.9 Å². The molecule has 3 aromatic rings. The van der Waals surface area contributed by atoms with E-state index in [1.54, 1.807) is 36.4 Å². The van der Waals surface area contributed by atoms with Crippen LogP contribution < -0.4 is 14.8 Å². The van der Waals surface area contributed by atoms with Crippen molar-refractivity contribution in [1.82, 2.24) is 0 Å². The maximum atomic E-state index is 12.2. The molecule has 0 aliphatic heterocycles.